The summed E-state index contributed by atoms with van der Waals surface area (Å²) in [5.41, 5.74) is 0. The molecule has 0 radical (unpaired) electrons. The minimum absolute atomic E-state index is 0.228. The zero-order valence-electron chi connectivity index (χ0n) is 12.3. The van der Waals surface area contributed by atoms with Gasteiger partial charge < -0.3 is 9.73 Å². The highest BCUT2D eigenvalue weighted by Gasteiger charge is 2.08. The third-order valence-corrected chi connectivity index (χ3v) is 4.05. The van der Waals surface area contributed by atoms with Crippen molar-refractivity contribution in [2.45, 2.75) is 57.6 Å². The first-order chi connectivity index (χ1) is 9.65. The molecule has 0 fully saturated rings. The van der Waals surface area contributed by atoms with Crippen LogP contribution in [0.5, 0.6) is 0 Å². The van der Waals surface area contributed by atoms with Gasteiger partial charge in [-0.15, -0.1) is 0 Å². The fourth-order valence-corrected chi connectivity index (χ4v) is 2.53. The summed E-state index contributed by atoms with van der Waals surface area (Å²) in [6.45, 7) is 6.08. The van der Waals surface area contributed by atoms with Crippen LogP contribution >= 0.6 is 11.8 Å². The number of rotatable bonds is 11. The first-order valence-corrected chi connectivity index (χ1v) is 8.38. The maximum Gasteiger partial charge on any atom is 0.284 e. The van der Waals surface area contributed by atoms with E-state index >= 15 is 0 Å². The molecule has 1 aromatic rings. The molecule has 5 heteroatoms. The maximum atomic E-state index is 12.1. The van der Waals surface area contributed by atoms with Crippen LogP contribution in [-0.4, -0.2) is 12.3 Å². The molecule has 0 aliphatic carbocycles. The lowest BCUT2D eigenvalue weighted by Crippen LogP contribution is -2.21. The Labute approximate surface area is 124 Å². The summed E-state index contributed by atoms with van der Waals surface area (Å²) in [6.07, 6.45) is 4.95. The van der Waals surface area contributed by atoms with Gasteiger partial charge in [-0.2, -0.15) is 8.78 Å². The Morgan fingerprint density at radius 3 is 2.65 bits per heavy atom. The van der Waals surface area contributed by atoms with E-state index in [9.17, 15) is 8.78 Å². The summed E-state index contributed by atoms with van der Waals surface area (Å²) in [5.74, 6) is 0.0285. The van der Waals surface area contributed by atoms with Gasteiger partial charge in [0.2, 0.25) is 0 Å². The van der Waals surface area contributed by atoms with Gasteiger partial charge in [0.15, 0.2) is 0 Å². The van der Waals surface area contributed by atoms with E-state index in [1.807, 2.05) is 6.07 Å². The van der Waals surface area contributed by atoms with Crippen LogP contribution in [0.25, 0.3) is 0 Å². The fraction of sp³-hybridized carbons (Fsp3) is 0.733. The van der Waals surface area contributed by atoms with E-state index in [0.29, 0.717) is 30.0 Å². The second-order valence-corrected chi connectivity index (χ2v) is 5.97. The molecule has 1 atom stereocenters. The largest absolute Gasteiger partial charge is 0.464 e. The second kappa shape index (κ2) is 10.2. The zero-order chi connectivity index (χ0) is 14.8. The van der Waals surface area contributed by atoms with Crippen LogP contribution in [0, 0.1) is 5.92 Å². The molecule has 1 aromatic heterocycles. The lowest BCUT2D eigenvalue weighted by Gasteiger charge is -2.14. The normalized spacial score (nSPS) is 13.1. The van der Waals surface area contributed by atoms with E-state index in [4.69, 9.17) is 4.42 Å². The molecule has 0 spiro atoms. The fourth-order valence-electron chi connectivity index (χ4n) is 2.08. The third kappa shape index (κ3) is 7.29. The predicted octanol–water partition coefficient (Wildman–Crippen LogP) is 5.04. The van der Waals surface area contributed by atoms with Crippen molar-refractivity contribution in [2.24, 2.45) is 5.92 Å². The Morgan fingerprint density at radius 2 is 2.00 bits per heavy atom. The molecule has 1 unspecified atom stereocenters. The number of halogens is 2. The molecule has 0 aliphatic heterocycles. The molecule has 1 N–H and O–H groups in total. The molecule has 2 nitrogen and oxygen atoms in total. The average molecular weight is 305 g/mol. The summed E-state index contributed by atoms with van der Waals surface area (Å²) in [7, 11) is 0. The smallest absolute Gasteiger partial charge is 0.284 e. The maximum absolute atomic E-state index is 12.1. The zero-order valence-corrected chi connectivity index (χ0v) is 13.1. The second-order valence-electron chi connectivity index (χ2n) is 4.99. The molecule has 0 saturated heterocycles. The summed E-state index contributed by atoms with van der Waals surface area (Å²) in [6, 6.07) is 3.64. The van der Waals surface area contributed by atoms with Gasteiger partial charge >= 0.3 is 0 Å². The van der Waals surface area contributed by atoms with Gasteiger partial charge in [-0.25, -0.2) is 0 Å². The summed E-state index contributed by atoms with van der Waals surface area (Å²) >= 11 is 0.592. The number of hydrogen-bond donors (Lipinski definition) is 1. The van der Waals surface area contributed by atoms with Gasteiger partial charge in [-0.05, 0) is 31.0 Å². The summed E-state index contributed by atoms with van der Waals surface area (Å²) < 4.78 is 29.7. The van der Waals surface area contributed by atoms with Crippen molar-refractivity contribution in [3.63, 3.8) is 0 Å². The number of furan rings is 1. The number of nitrogens with one attached hydrogen (secondary N) is 1. The highest BCUT2D eigenvalue weighted by molar-refractivity contribution is 7.98. The first kappa shape index (κ1) is 17.5. The molecule has 0 aliphatic rings. The molecule has 20 heavy (non-hydrogen) atoms. The highest BCUT2D eigenvalue weighted by Crippen LogP contribution is 2.21. The Kier molecular flexibility index (Phi) is 8.94. The monoisotopic (exact) mass is 305 g/mol. The Balaban J connectivity index is 2.24. The summed E-state index contributed by atoms with van der Waals surface area (Å²) in [5, 5.41) is 3.39. The van der Waals surface area contributed by atoms with Gasteiger partial charge in [-0.3, -0.25) is 0 Å². The molecule has 116 valence electrons. The molecular formula is C15H25F2NOS. The Hall–Kier alpha value is -0.550. The van der Waals surface area contributed by atoms with Crippen LogP contribution < -0.4 is 5.32 Å². The van der Waals surface area contributed by atoms with E-state index in [1.165, 1.54) is 25.7 Å². The van der Waals surface area contributed by atoms with Crippen molar-refractivity contribution in [1.29, 1.82) is 0 Å². The third-order valence-electron chi connectivity index (χ3n) is 3.34. The quantitative estimate of drug-likeness (QED) is 0.620. The van der Waals surface area contributed by atoms with E-state index in [2.05, 4.69) is 19.2 Å². The molecule has 1 heterocycles. The van der Waals surface area contributed by atoms with Crippen molar-refractivity contribution < 1.29 is 13.2 Å². The van der Waals surface area contributed by atoms with Gasteiger partial charge in [0.05, 0.1) is 12.3 Å². The Morgan fingerprint density at radius 1 is 1.25 bits per heavy atom. The molecule has 0 bridgehead atoms. The topological polar surface area (TPSA) is 25.2 Å². The average Bonchev–Trinajstić information content (AvgIpc) is 2.88. The van der Waals surface area contributed by atoms with Gasteiger partial charge in [0.1, 0.15) is 11.5 Å². The minimum atomic E-state index is -2.34. The van der Waals surface area contributed by atoms with Crippen LogP contribution in [0.4, 0.5) is 8.78 Å². The van der Waals surface area contributed by atoms with Crippen LogP contribution in [0.2, 0.25) is 0 Å². The van der Waals surface area contributed by atoms with Crippen LogP contribution in [0.1, 0.15) is 51.1 Å². The Bertz CT molecular complexity index is 357. The number of hydrogen-bond acceptors (Lipinski definition) is 3. The van der Waals surface area contributed by atoms with Crippen LogP contribution in [0.3, 0.4) is 0 Å². The predicted molar refractivity (Wildman–Crippen MR) is 81.0 cm³/mol. The molecule has 0 saturated carbocycles. The standard InChI is InChI=1S/C15H25F2NOS/c1-3-5-6-12(4-2)9-18-10-13-7-8-14(19-13)11-20-15(16)17/h7-8,12,15,18H,3-6,9-11H2,1-2H3. The number of alkyl halides is 2. The van der Waals surface area contributed by atoms with E-state index in [-0.39, 0.29) is 5.75 Å². The van der Waals surface area contributed by atoms with Crippen LogP contribution in [0.15, 0.2) is 16.5 Å². The molecule has 0 aromatic carbocycles. The van der Waals surface area contributed by atoms with Crippen molar-refractivity contribution in [2.75, 3.05) is 6.54 Å². The van der Waals surface area contributed by atoms with Gasteiger partial charge in [0.25, 0.3) is 5.76 Å². The van der Waals surface area contributed by atoms with Gasteiger partial charge in [-0.1, -0.05) is 44.9 Å². The van der Waals surface area contributed by atoms with E-state index in [0.717, 1.165) is 12.3 Å². The molecule has 1 rings (SSSR count). The minimum Gasteiger partial charge on any atom is -0.464 e. The van der Waals surface area contributed by atoms with Crippen molar-refractivity contribution in [1.82, 2.24) is 5.32 Å². The van der Waals surface area contributed by atoms with Crippen LogP contribution in [-0.2, 0) is 12.3 Å². The highest BCUT2D eigenvalue weighted by atomic mass is 32.2. The number of thioether (sulfide) groups is 1. The first-order valence-electron chi connectivity index (χ1n) is 7.33. The van der Waals surface area contributed by atoms with Gasteiger partial charge in [0, 0.05) is 0 Å². The lowest BCUT2D eigenvalue weighted by atomic mass is 9.99. The summed E-state index contributed by atoms with van der Waals surface area (Å²) in [4.78, 5) is 0. The van der Waals surface area contributed by atoms with Crippen molar-refractivity contribution in [3.8, 4) is 0 Å². The number of unbranched alkanes of at least 4 members (excludes halogenated alkanes) is 1. The van der Waals surface area contributed by atoms with Crippen molar-refractivity contribution in [3.05, 3.63) is 23.7 Å². The molecular weight excluding hydrogens is 280 g/mol. The van der Waals surface area contributed by atoms with E-state index in [1.54, 1.807) is 6.07 Å². The van der Waals surface area contributed by atoms with Crippen molar-refractivity contribution >= 4 is 11.8 Å². The SMILES string of the molecule is CCCCC(CC)CNCc1ccc(CSC(F)F)o1. The lowest BCUT2D eigenvalue weighted by molar-refractivity contribution is 0.251. The molecule has 0 amide bonds. The van der Waals surface area contributed by atoms with E-state index < -0.39 is 5.76 Å².